The maximum absolute atomic E-state index is 12.5. The van der Waals surface area contributed by atoms with Gasteiger partial charge in [0, 0.05) is 13.0 Å². The zero-order chi connectivity index (χ0) is 16.4. The molecule has 3 N–H and O–H groups in total. The van der Waals surface area contributed by atoms with Crippen LogP contribution in [-0.2, 0) is 11.2 Å². The first-order valence-electron chi connectivity index (χ1n) is 7.68. The predicted octanol–water partition coefficient (Wildman–Crippen LogP) is 1.93. The summed E-state index contributed by atoms with van der Waals surface area (Å²) in [4.78, 5) is 14.1. The quantitative estimate of drug-likeness (QED) is 0.894. The standard InChI is InChI=1S/C17H26N2O3/c1-16(2,3)22-15(21)19-11-14(20)10-17(19,12-18)9-13-7-5-4-6-8-13/h4-8,14,20H,9-12,18H2,1-3H3/t14-,17-/m0/s1. The predicted molar refractivity (Wildman–Crippen MR) is 85.5 cm³/mol. The first-order chi connectivity index (χ1) is 10.3. The molecular weight excluding hydrogens is 280 g/mol. The third-order valence-corrected chi connectivity index (χ3v) is 3.95. The maximum Gasteiger partial charge on any atom is 0.410 e. The largest absolute Gasteiger partial charge is 0.444 e. The highest BCUT2D eigenvalue weighted by molar-refractivity contribution is 5.70. The molecule has 1 saturated heterocycles. The molecular formula is C17H26N2O3. The molecule has 2 atom stereocenters. The summed E-state index contributed by atoms with van der Waals surface area (Å²) >= 11 is 0. The number of hydrogen-bond donors (Lipinski definition) is 2. The van der Waals surface area contributed by atoms with Gasteiger partial charge < -0.3 is 15.6 Å². The van der Waals surface area contributed by atoms with E-state index in [0.717, 1.165) is 5.56 Å². The maximum atomic E-state index is 12.5. The Morgan fingerprint density at radius 3 is 2.59 bits per heavy atom. The van der Waals surface area contributed by atoms with E-state index in [2.05, 4.69) is 0 Å². The van der Waals surface area contributed by atoms with Gasteiger partial charge in [-0.05, 0) is 32.8 Å². The normalized spacial score (nSPS) is 25.3. The number of hydrogen-bond acceptors (Lipinski definition) is 4. The van der Waals surface area contributed by atoms with Gasteiger partial charge in [-0.15, -0.1) is 0 Å². The van der Waals surface area contributed by atoms with Crippen LogP contribution in [0.25, 0.3) is 0 Å². The zero-order valence-electron chi connectivity index (χ0n) is 13.6. The zero-order valence-corrected chi connectivity index (χ0v) is 13.6. The van der Waals surface area contributed by atoms with Gasteiger partial charge in [0.15, 0.2) is 0 Å². The molecule has 1 aliphatic rings. The van der Waals surface area contributed by atoms with Gasteiger partial charge in [-0.25, -0.2) is 4.79 Å². The third kappa shape index (κ3) is 3.78. The Morgan fingerprint density at radius 1 is 1.41 bits per heavy atom. The molecule has 0 aliphatic carbocycles. The highest BCUT2D eigenvalue weighted by Crippen LogP contribution is 2.33. The summed E-state index contributed by atoms with van der Waals surface area (Å²) in [5, 5.41) is 10.1. The van der Waals surface area contributed by atoms with Crippen LogP contribution in [0.5, 0.6) is 0 Å². The summed E-state index contributed by atoms with van der Waals surface area (Å²) in [6.07, 6.45) is 0.100. The van der Waals surface area contributed by atoms with E-state index in [-0.39, 0.29) is 13.1 Å². The minimum Gasteiger partial charge on any atom is -0.444 e. The van der Waals surface area contributed by atoms with Crippen LogP contribution < -0.4 is 5.73 Å². The summed E-state index contributed by atoms with van der Waals surface area (Å²) in [5.41, 5.74) is 5.94. The van der Waals surface area contributed by atoms with Gasteiger partial charge >= 0.3 is 6.09 Å². The SMILES string of the molecule is CC(C)(C)OC(=O)N1C[C@@H](O)C[C@]1(CN)Cc1ccccc1. The second-order valence-electron chi connectivity index (χ2n) is 7.04. The first kappa shape index (κ1) is 16.8. The van der Waals surface area contributed by atoms with Crippen molar-refractivity contribution in [2.24, 2.45) is 5.73 Å². The molecule has 22 heavy (non-hydrogen) atoms. The number of nitrogens with zero attached hydrogens (tertiary/aromatic N) is 1. The fourth-order valence-electron chi connectivity index (χ4n) is 3.01. The number of amides is 1. The van der Waals surface area contributed by atoms with Crippen LogP contribution in [0, 0.1) is 0 Å². The number of carbonyl (C=O) groups is 1. The van der Waals surface area contributed by atoms with Crippen LogP contribution in [-0.4, -0.2) is 46.4 Å². The van der Waals surface area contributed by atoms with Crippen LogP contribution in [0.1, 0.15) is 32.8 Å². The average Bonchev–Trinajstić information content (AvgIpc) is 2.75. The Hall–Kier alpha value is -1.59. The first-order valence-corrected chi connectivity index (χ1v) is 7.68. The van der Waals surface area contributed by atoms with Gasteiger partial charge in [-0.2, -0.15) is 0 Å². The van der Waals surface area contributed by atoms with Crippen LogP contribution in [0.3, 0.4) is 0 Å². The van der Waals surface area contributed by atoms with E-state index < -0.39 is 23.3 Å². The Labute approximate surface area is 132 Å². The molecule has 1 heterocycles. The molecule has 0 unspecified atom stereocenters. The Bertz CT molecular complexity index is 512. The van der Waals surface area contributed by atoms with Crippen LogP contribution >= 0.6 is 0 Å². The van der Waals surface area contributed by atoms with Crippen molar-refractivity contribution in [1.82, 2.24) is 4.90 Å². The van der Waals surface area contributed by atoms with E-state index in [9.17, 15) is 9.90 Å². The number of aliphatic hydroxyl groups excluding tert-OH is 1. The van der Waals surface area contributed by atoms with Gasteiger partial charge in [-0.1, -0.05) is 30.3 Å². The minimum atomic E-state index is -0.594. The number of benzene rings is 1. The summed E-state index contributed by atoms with van der Waals surface area (Å²) in [5.74, 6) is 0. The molecule has 0 aromatic heterocycles. The van der Waals surface area contributed by atoms with Crippen molar-refractivity contribution in [2.75, 3.05) is 13.1 Å². The molecule has 2 rings (SSSR count). The molecule has 1 aromatic rings. The van der Waals surface area contributed by atoms with Gasteiger partial charge in [0.25, 0.3) is 0 Å². The van der Waals surface area contributed by atoms with E-state index in [1.54, 1.807) is 4.90 Å². The Balaban J connectivity index is 2.24. The third-order valence-electron chi connectivity index (χ3n) is 3.95. The fraction of sp³-hybridized carbons (Fsp3) is 0.588. The molecule has 0 bridgehead atoms. The number of β-amino-alcohol motifs (C(OH)–C–C–N with tert-alkyl or cyclic N) is 1. The van der Waals surface area contributed by atoms with Crippen molar-refractivity contribution in [1.29, 1.82) is 0 Å². The van der Waals surface area contributed by atoms with Gasteiger partial charge in [0.2, 0.25) is 0 Å². The Morgan fingerprint density at radius 2 is 2.05 bits per heavy atom. The molecule has 122 valence electrons. The van der Waals surface area contributed by atoms with Gasteiger partial charge in [0.1, 0.15) is 5.60 Å². The van der Waals surface area contributed by atoms with Gasteiger partial charge in [0.05, 0.1) is 18.2 Å². The van der Waals surface area contributed by atoms with E-state index in [0.29, 0.717) is 12.8 Å². The average molecular weight is 306 g/mol. The number of ether oxygens (including phenoxy) is 1. The molecule has 0 spiro atoms. The van der Waals surface area contributed by atoms with Crippen molar-refractivity contribution >= 4 is 6.09 Å². The molecule has 1 amide bonds. The number of aliphatic hydroxyl groups is 1. The molecule has 1 aliphatic heterocycles. The highest BCUT2D eigenvalue weighted by Gasteiger charge is 2.48. The van der Waals surface area contributed by atoms with Crippen molar-refractivity contribution in [3.05, 3.63) is 35.9 Å². The lowest BCUT2D eigenvalue weighted by Crippen LogP contribution is -2.54. The van der Waals surface area contributed by atoms with Crippen LogP contribution in [0.15, 0.2) is 30.3 Å². The molecule has 1 aromatic carbocycles. The monoisotopic (exact) mass is 306 g/mol. The molecule has 1 fully saturated rings. The molecule has 5 nitrogen and oxygen atoms in total. The lowest BCUT2D eigenvalue weighted by atomic mass is 9.88. The second kappa shape index (κ2) is 6.26. The van der Waals surface area contributed by atoms with Crippen molar-refractivity contribution < 1.29 is 14.6 Å². The topological polar surface area (TPSA) is 75.8 Å². The van der Waals surface area contributed by atoms with Crippen molar-refractivity contribution in [3.63, 3.8) is 0 Å². The van der Waals surface area contributed by atoms with Crippen molar-refractivity contribution in [3.8, 4) is 0 Å². The number of likely N-dealkylation sites (tertiary alicyclic amines) is 1. The van der Waals surface area contributed by atoms with E-state index in [1.807, 2.05) is 51.1 Å². The second-order valence-corrected chi connectivity index (χ2v) is 7.04. The fourth-order valence-corrected chi connectivity index (χ4v) is 3.01. The van der Waals surface area contributed by atoms with Crippen LogP contribution in [0.4, 0.5) is 4.79 Å². The lowest BCUT2D eigenvalue weighted by molar-refractivity contribution is 0.00833. The van der Waals surface area contributed by atoms with E-state index >= 15 is 0 Å². The number of carbonyl (C=O) groups excluding carboxylic acids is 1. The highest BCUT2D eigenvalue weighted by atomic mass is 16.6. The minimum absolute atomic E-state index is 0.263. The van der Waals surface area contributed by atoms with Gasteiger partial charge in [-0.3, -0.25) is 4.90 Å². The number of nitrogens with two attached hydrogens (primary N) is 1. The summed E-state index contributed by atoms with van der Waals surface area (Å²) in [6, 6.07) is 9.89. The molecule has 0 radical (unpaired) electrons. The summed E-state index contributed by atoms with van der Waals surface area (Å²) < 4.78 is 5.49. The Kier molecular flexibility index (Phi) is 4.78. The molecule has 5 heteroatoms. The number of rotatable bonds is 3. The smallest absolute Gasteiger partial charge is 0.410 e. The summed E-state index contributed by atoms with van der Waals surface area (Å²) in [7, 11) is 0. The lowest BCUT2D eigenvalue weighted by Gasteiger charge is -2.38. The summed E-state index contributed by atoms with van der Waals surface area (Å²) in [6.45, 7) is 6.05. The van der Waals surface area contributed by atoms with Crippen LogP contribution in [0.2, 0.25) is 0 Å². The van der Waals surface area contributed by atoms with E-state index in [1.165, 1.54) is 0 Å². The van der Waals surface area contributed by atoms with E-state index in [4.69, 9.17) is 10.5 Å². The molecule has 0 saturated carbocycles. The van der Waals surface area contributed by atoms with Crippen molar-refractivity contribution in [2.45, 2.75) is 50.9 Å².